The van der Waals surface area contributed by atoms with Crippen molar-refractivity contribution in [3.63, 3.8) is 0 Å². The number of rotatable bonds is 6. The van der Waals surface area contributed by atoms with Crippen molar-refractivity contribution in [3.8, 4) is 17.2 Å². The van der Waals surface area contributed by atoms with Crippen LogP contribution >= 0.6 is 0 Å². The highest BCUT2D eigenvalue weighted by Gasteiger charge is 2.39. The van der Waals surface area contributed by atoms with Gasteiger partial charge in [-0.25, -0.2) is 0 Å². The number of hydrogen-bond donors (Lipinski definition) is 3. The Kier molecular flexibility index (Phi) is 6.02. The molecule has 7 heteroatoms. The number of anilines is 1. The van der Waals surface area contributed by atoms with Crippen LogP contribution in [-0.4, -0.2) is 16.6 Å². The maximum Gasteiger partial charge on any atom is 0.573 e. The van der Waals surface area contributed by atoms with Crippen LogP contribution in [0.1, 0.15) is 50.8 Å². The lowest BCUT2D eigenvalue weighted by atomic mass is 9.68. The molecule has 2 aromatic carbocycles. The van der Waals surface area contributed by atoms with E-state index < -0.39 is 34.7 Å². The summed E-state index contributed by atoms with van der Waals surface area (Å²) in [6.45, 7) is 9.25. The number of alkyl halides is 3. The molecule has 0 aliphatic heterocycles. The molecule has 0 aromatic heterocycles. The fraction of sp³-hybridized carbons (Fsp3) is 0.455. The molecule has 4 nitrogen and oxygen atoms in total. The SMILES string of the molecule is Cc1c(O)c(N)c(OC(F)(F)F)c(O)c1C(C)(C)CC(C)(C)Cc1ccccc1. The zero-order chi connectivity index (χ0) is 22.2. The first-order valence-corrected chi connectivity index (χ1v) is 9.29. The van der Waals surface area contributed by atoms with E-state index in [0.29, 0.717) is 6.42 Å². The summed E-state index contributed by atoms with van der Waals surface area (Å²) in [7, 11) is 0. The topological polar surface area (TPSA) is 75.7 Å². The first-order chi connectivity index (χ1) is 13.1. The van der Waals surface area contributed by atoms with E-state index in [0.717, 1.165) is 12.0 Å². The van der Waals surface area contributed by atoms with Crippen LogP contribution in [-0.2, 0) is 11.8 Å². The third-order valence-electron chi connectivity index (χ3n) is 5.02. The highest BCUT2D eigenvalue weighted by Crippen LogP contribution is 2.52. The minimum absolute atomic E-state index is 0.185. The lowest BCUT2D eigenvalue weighted by Gasteiger charge is -2.37. The monoisotopic (exact) mass is 411 g/mol. The Morgan fingerprint density at radius 2 is 1.52 bits per heavy atom. The van der Waals surface area contributed by atoms with Gasteiger partial charge < -0.3 is 20.7 Å². The Morgan fingerprint density at radius 1 is 0.966 bits per heavy atom. The van der Waals surface area contributed by atoms with E-state index in [-0.39, 0.29) is 16.5 Å². The second kappa shape index (κ2) is 7.69. The van der Waals surface area contributed by atoms with Crippen LogP contribution in [0.2, 0.25) is 0 Å². The smallest absolute Gasteiger partial charge is 0.505 e. The molecule has 29 heavy (non-hydrogen) atoms. The number of phenolic OH excluding ortho intramolecular Hbond substituents is 2. The number of benzene rings is 2. The third-order valence-corrected chi connectivity index (χ3v) is 5.02. The van der Waals surface area contributed by atoms with Crippen LogP contribution in [0.3, 0.4) is 0 Å². The molecule has 160 valence electrons. The van der Waals surface area contributed by atoms with Crippen molar-refractivity contribution in [2.75, 3.05) is 5.73 Å². The molecule has 0 saturated heterocycles. The molecule has 0 heterocycles. The summed E-state index contributed by atoms with van der Waals surface area (Å²) in [4.78, 5) is 0. The van der Waals surface area contributed by atoms with Crippen molar-refractivity contribution in [2.24, 2.45) is 5.41 Å². The normalized spacial score (nSPS) is 12.8. The van der Waals surface area contributed by atoms with Gasteiger partial charge in [0.05, 0.1) is 0 Å². The molecule has 0 atom stereocenters. The molecule has 0 aliphatic rings. The highest BCUT2D eigenvalue weighted by molar-refractivity contribution is 5.74. The summed E-state index contributed by atoms with van der Waals surface area (Å²) in [5.74, 6) is -2.19. The summed E-state index contributed by atoms with van der Waals surface area (Å²) >= 11 is 0. The van der Waals surface area contributed by atoms with Crippen molar-refractivity contribution >= 4 is 5.69 Å². The molecule has 0 radical (unpaired) electrons. The van der Waals surface area contributed by atoms with E-state index in [4.69, 9.17) is 5.73 Å². The van der Waals surface area contributed by atoms with E-state index in [1.165, 1.54) is 6.92 Å². The number of nitrogens with two attached hydrogens (primary N) is 1. The number of hydrogen-bond acceptors (Lipinski definition) is 4. The summed E-state index contributed by atoms with van der Waals surface area (Å²) in [5.41, 5.74) is 5.49. The summed E-state index contributed by atoms with van der Waals surface area (Å²) in [6.07, 6.45) is -3.79. The molecule has 0 aliphatic carbocycles. The average Bonchev–Trinajstić information content (AvgIpc) is 2.55. The van der Waals surface area contributed by atoms with Gasteiger partial charge in [-0.05, 0) is 36.2 Å². The van der Waals surface area contributed by atoms with Gasteiger partial charge in [-0.2, -0.15) is 0 Å². The number of phenols is 2. The molecular formula is C22H28F3NO3. The zero-order valence-corrected chi connectivity index (χ0v) is 17.3. The molecule has 2 aromatic rings. The maximum absolute atomic E-state index is 12.8. The molecule has 0 spiro atoms. The lowest BCUT2D eigenvalue weighted by molar-refractivity contribution is -0.274. The third kappa shape index (κ3) is 5.28. The van der Waals surface area contributed by atoms with Crippen LogP contribution < -0.4 is 10.5 Å². The van der Waals surface area contributed by atoms with Crippen LogP contribution in [0.25, 0.3) is 0 Å². The molecule has 0 amide bonds. The van der Waals surface area contributed by atoms with Gasteiger partial charge in [0.1, 0.15) is 11.4 Å². The summed E-state index contributed by atoms with van der Waals surface area (Å²) in [6, 6.07) is 9.86. The van der Waals surface area contributed by atoms with E-state index in [9.17, 15) is 23.4 Å². The van der Waals surface area contributed by atoms with Gasteiger partial charge in [-0.1, -0.05) is 58.0 Å². The molecule has 0 bridgehead atoms. The fourth-order valence-corrected chi connectivity index (χ4v) is 4.39. The molecule has 2 rings (SSSR count). The van der Waals surface area contributed by atoms with E-state index in [1.54, 1.807) is 0 Å². The molecular weight excluding hydrogens is 383 g/mol. The lowest BCUT2D eigenvalue weighted by Crippen LogP contribution is -2.29. The quantitative estimate of drug-likeness (QED) is 0.318. The Labute approximate surface area is 169 Å². The second-order valence-corrected chi connectivity index (χ2v) is 8.88. The van der Waals surface area contributed by atoms with Gasteiger partial charge in [0.2, 0.25) is 0 Å². The first-order valence-electron chi connectivity index (χ1n) is 9.29. The Balaban J connectivity index is 2.48. The number of halogens is 3. The Morgan fingerprint density at radius 3 is 2.03 bits per heavy atom. The van der Waals surface area contributed by atoms with Gasteiger partial charge in [0.25, 0.3) is 0 Å². The number of aromatic hydroxyl groups is 2. The Bertz CT molecular complexity index is 875. The van der Waals surface area contributed by atoms with E-state index >= 15 is 0 Å². The standard InChI is InChI=1S/C22H28F3NO3/c1-13-15(18(28)19(16(26)17(13)27)29-22(23,24)25)21(4,5)12-20(2,3)11-14-9-7-6-8-10-14/h6-10,27-28H,11-12,26H2,1-5H3. The van der Waals surface area contributed by atoms with Crippen molar-refractivity contribution in [1.82, 2.24) is 0 Å². The highest BCUT2D eigenvalue weighted by atomic mass is 19.4. The van der Waals surface area contributed by atoms with Gasteiger partial charge in [-0.3, -0.25) is 0 Å². The van der Waals surface area contributed by atoms with Crippen LogP contribution in [0.15, 0.2) is 30.3 Å². The maximum atomic E-state index is 12.8. The predicted octanol–water partition coefficient (Wildman–Crippen LogP) is 5.82. The van der Waals surface area contributed by atoms with Crippen LogP contribution in [0.4, 0.5) is 18.9 Å². The molecule has 0 saturated carbocycles. The van der Waals surface area contributed by atoms with Gasteiger partial charge in [0.15, 0.2) is 11.5 Å². The van der Waals surface area contributed by atoms with Crippen molar-refractivity contribution in [3.05, 3.63) is 47.0 Å². The second-order valence-electron chi connectivity index (χ2n) is 8.88. The number of nitrogen functional groups attached to an aromatic ring is 1. The van der Waals surface area contributed by atoms with Crippen molar-refractivity contribution < 1.29 is 28.1 Å². The molecule has 0 unspecified atom stereocenters. The largest absolute Gasteiger partial charge is 0.573 e. The van der Waals surface area contributed by atoms with Crippen molar-refractivity contribution in [2.45, 2.75) is 59.2 Å². The predicted molar refractivity (Wildman–Crippen MR) is 107 cm³/mol. The molecule has 4 N–H and O–H groups in total. The Hall–Kier alpha value is -2.57. The van der Waals surface area contributed by atoms with E-state index in [1.807, 2.05) is 44.2 Å². The molecule has 0 fully saturated rings. The van der Waals surface area contributed by atoms with Crippen LogP contribution in [0.5, 0.6) is 17.2 Å². The minimum atomic E-state index is -5.05. The van der Waals surface area contributed by atoms with Gasteiger partial charge in [0, 0.05) is 11.1 Å². The average molecular weight is 411 g/mol. The van der Waals surface area contributed by atoms with Gasteiger partial charge in [-0.15, -0.1) is 13.2 Å². The minimum Gasteiger partial charge on any atom is -0.505 e. The van der Waals surface area contributed by atoms with Crippen LogP contribution in [0, 0.1) is 12.3 Å². The summed E-state index contributed by atoms with van der Waals surface area (Å²) < 4.78 is 42.3. The first kappa shape index (κ1) is 22.7. The summed E-state index contributed by atoms with van der Waals surface area (Å²) in [5, 5.41) is 20.9. The number of ether oxygens (including phenoxy) is 1. The van der Waals surface area contributed by atoms with E-state index in [2.05, 4.69) is 18.6 Å². The zero-order valence-electron chi connectivity index (χ0n) is 17.3. The van der Waals surface area contributed by atoms with Crippen molar-refractivity contribution in [1.29, 1.82) is 0 Å². The van der Waals surface area contributed by atoms with Gasteiger partial charge >= 0.3 is 6.36 Å². The fourth-order valence-electron chi connectivity index (χ4n) is 4.39.